The third-order valence-corrected chi connectivity index (χ3v) is 5.65. The van der Waals surface area contributed by atoms with Crippen molar-refractivity contribution in [1.82, 2.24) is 4.90 Å². The number of thioether (sulfide) groups is 1. The van der Waals surface area contributed by atoms with Gasteiger partial charge in [-0.25, -0.2) is 13.6 Å². The van der Waals surface area contributed by atoms with Gasteiger partial charge < -0.3 is 19.1 Å². The summed E-state index contributed by atoms with van der Waals surface area (Å²) in [6, 6.07) is 8.76. The summed E-state index contributed by atoms with van der Waals surface area (Å²) in [6.45, 7) is 5.09. The Morgan fingerprint density at radius 3 is 2.61 bits per heavy atom. The van der Waals surface area contributed by atoms with E-state index < -0.39 is 28.8 Å². The maximum atomic E-state index is 14.1. The Bertz CT molecular complexity index is 992. The number of carbonyl (C=O) groups is 2. The SMILES string of the molecule is COc1cc(C2SCC(=O)N2Cc2cccc(F)c2F)ccc1OC(=O)OC(C)(C)C. The van der Waals surface area contributed by atoms with Crippen molar-refractivity contribution in [1.29, 1.82) is 0 Å². The molecule has 2 aromatic rings. The summed E-state index contributed by atoms with van der Waals surface area (Å²) in [5.41, 5.74) is 0.0800. The Labute approximate surface area is 183 Å². The molecule has 9 heteroatoms. The van der Waals surface area contributed by atoms with Gasteiger partial charge in [-0.1, -0.05) is 18.2 Å². The van der Waals surface area contributed by atoms with E-state index in [4.69, 9.17) is 14.2 Å². The molecule has 0 aromatic heterocycles. The van der Waals surface area contributed by atoms with Crippen molar-refractivity contribution in [3.63, 3.8) is 0 Å². The first-order valence-electron chi connectivity index (χ1n) is 9.52. The van der Waals surface area contributed by atoms with E-state index >= 15 is 0 Å². The van der Waals surface area contributed by atoms with Gasteiger partial charge in [0.05, 0.1) is 19.4 Å². The van der Waals surface area contributed by atoms with Crippen molar-refractivity contribution < 1.29 is 32.6 Å². The quantitative estimate of drug-likeness (QED) is 0.468. The topological polar surface area (TPSA) is 65.1 Å². The summed E-state index contributed by atoms with van der Waals surface area (Å²) in [5.74, 6) is -1.46. The highest BCUT2D eigenvalue weighted by Crippen LogP contribution is 2.42. The second-order valence-corrected chi connectivity index (χ2v) is 8.94. The Balaban J connectivity index is 1.83. The van der Waals surface area contributed by atoms with Gasteiger partial charge in [-0.2, -0.15) is 0 Å². The lowest BCUT2D eigenvalue weighted by molar-refractivity contribution is -0.128. The van der Waals surface area contributed by atoms with Gasteiger partial charge in [-0.15, -0.1) is 11.8 Å². The van der Waals surface area contributed by atoms with E-state index in [1.165, 1.54) is 35.9 Å². The van der Waals surface area contributed by atoms with E-state index in [-0.39, 0.29) is 35.3 Å². The number of benzene rings is 2. The van der Waals surface area contributed by atoms with E-state index in [9.17, 15) is 18.4 Å². The van der Waals surface area contributed by atoms with Crippen LogP contribution in [0.1, 0.15) is 37.3 Å². The molecule has 31 heavy (non-hydrogen) atoms. The van der Waals surface area contributed by atoms with Crippen molar-refractivity contribution in [3.8, 4) is 11.5 Å². The van der Waals surface area contributed by atoms with Crippen molar-refractivity contribution in [2.75, 3.05) is 12.9 Å². The number of hydrogen-bond acceptors (Lipinski definition) is 6. The molecule has 0 spiro atoms. The predicted octanol–water partition coefficient (Wildman–Crippen LogP) is 5.06. The predicted molar refractivity (Wildman–Crippen MR) is 112 cm³/mol. The standard InChI is InChI=1S/C22H23F2NO5S/c1-22(2,3)30-21(27)29-16-9-8-13(10-17(16)28-4)20-25(18(26)12-31-20)11-14-6-5-7-15(23)19(14)24/h5-10,20H,11-12H2,1-4H3. The molecule has 1 fully saturated rings. The third-order valence-electron chi connectivity index (χ3n) is 4.40. The van der Waals surface area contributed by atoms with Gasteiger partial charge in [-0.3, -0.25) is 4.79 Å². The summed E-state index contributed by atoms with van der Waals surface area (Å²) in [4.78, 5) is 25.9. The molecule has 1 aliphatic rings. The number of amides is 1. The zero-order valence-electron chi connectivity index (χ0n) is 17.6. The Hall–Kier alpha value is -2.81. The molecule has 0 bridgehead atoms. The fourth-order valence-corrected chi connectivity index (χ4v) is 4.22. The minimum absolute atomic E-state index is 0.0709. The molecule has 3 rings (SSSR count). The molecule has 1 unspecified atom stereocenters. The van der Waals surface area contributed by atoms with Gasteiger partial charge in [0, 0.05) is 5.56 Å². The fourth-order valence-electron chi connectivity index (χ4n) is 3.04. The van der Waals surface area contributed by atoms with Crippen LogP contribution in [0.2, 0.25) is 0 Å². The van der Waals surface area contributed by atoms with Gasteiger partial charge in [0.15, 0.2) is 23.1 Å². The summed E-state index contributed by atoms with van der Waals surface area (Å²) >= 11 is 1.36. The number of halogens is 2. The fraction of sp³-hybridized carbons (Fsp3) is 0.364. The molecule has 1 heterocycles. The van der Waals surface area contributed by atoms with Crippen LogP contribution >= 0.6 is 11.8 Å². The van der Waals surface area contributed by atoms with Crippen molar-refractivity contribution in [2.45, 2.75) is 38.3 Å². The maximum Gasteiger partial charge on any atom is 0.514 e. The lowest BCUT2D eigenvalue weighted by atomic mass is 10.1. The molecule has 0 saturated carbocycles. The van der Waals surface area contributed by atoms with Gasteiger partial charge in [-0.05, 0) is 44.5 Å². The molecule has 0 aliphatic carbocycles. The van der Waals surface area contributed by atoms with Crippen LogP contribution in [-0.2, 0) is 16.1 Å². The first-order chi connectivity index (χ1) is 14.6. The molecule has 1 amide bonds. The molecule has 0 radical (unpaired) electrons. The Morgan fingerprint density at radius 2 is 1.94 bits per heavy atom. The van der Waals surface area contributed by atoms with Gasteiger partial charge in [0.2, 0.25) is 5.91 Å². The summed E-state index contributed by atoms with van der Waals surface area (Å²) in [5, 5.41) is -0.431. The molecule has 0 N–H and O–H groups in total. The molecular formula is C22H23F2NO5S. The number of rotatable bonds is 5. The lowest BCUT2D eigenvalue weighted by Gasteiger charge is -2.25. The van der Waals surface area contributed by atoms with Crippen molar-refractivity contribution >= 4 is 23.8 Å². The van der Waals surface area contributed by atoms with E-state index in [1.54, 1.807) is 39.0 Å². The van der Waals surface area contributed by atoms with Crippen molar-refractivity contribution in [3.05, 3.63) is 59.2 Å². The maximum absolute atomic E-state index is 14.1. The largest absolute Gasteiger partial charge is 0.514 e. The molecule has 2 aromatic carbocycles. The van der Waals surface area contributed by atoms with E-state index in [2.05, 4.69) is 0 Å². The molecule has 1 atom stereocenters. The van der Waals surface area contributed by atoms with Crippen LogP contribution in [0.3, 0.4) is 0 Å². The minimum Gasteiger partial charge on any atom is -0.493 e. The summed E-state index contributed by atoms with van der Waals surface area (Å²) in [7, 11) is 1.42. The third kappa shape index (κ3) is 5.46. The number of hydrogen-bond donors (Lipinski definition) is 0. The van der Waals surface area contributed by atoms with Crippen LogP contribution in [0.5, 0.6) is 11.5 Å². The molecule has 1 saturated heterocycles. The van der Waals surface area contributed by atoms with E-state index in [0.717, 1.165) is 6.07 Å². The van der Waals surface area contributed by atoms with E-state index in [0.29, 0.717) is 5.56 Å². The Morgan fingerprint density at radius 1 is 1.19 bits per heavy atom. The van der Waals surface area contributed by atoms with Crippen LogP contribution in [-0.4, -0.2) is 35.4 Å². The smallest absolute Gasteiger partial charge is 0.493 e. The van der Waals surface area contributed by atoms with Crippen LogP contribution in [0.25, 0.3) is 0 Å². The molecular weight excluding hydrogens is 428 g/mol. The summed E-state index contributed by atoms with van der Waals surface area (Å²) in [6.07, 6.45) is -0.868. The Kier molecular flexibility index (Phi) is 6.74. The first kappa shape index (κ1) is 22.9. The second-order valence-electron chi connectivity index (χ2n) is 7.87. The number of ether oxygens (including phenoxy) is 3. The summed E-state index contributed by atoms with van der Waals surface area (Å²) < 4.78 is 43.4. The van der Waals surface area contributed by atoms with Crippen LogP contribution in [0.4, 0.5) is 13.6 Å². The average molecular weight is 451 g/mol. The monoisotopic (exact) mass is 451 g/mol. The highest BCUT2D eigenvalue weighted by atomic mass is 32.2. The zero-order valence-corrected chi connectivity index (χ0v) is 18.4. The van der Waals surface area contributed by atoms with Gasteiger partial charge in [0.1, 0.15) is 11.0 Å². The zero-order chi connectivity index (χ0) is 22.8. The van der Waals surface area contributed by atoms with Gasteiger partial charge >= 0.3 is 6.16 Å². The van der Waals surface area contributed by atoms with Crippen LogP contribution < -0.4 is 9.47 Å². The molecule has 6 nitrogen and oxygen atoms in total. The average Bonchev–Trinajstić information content (AvgIpc) is 3.04. The molecule has 166 valence electrons. The number of carbonyl (C=O) groups excluding carboxylic acids is 2. The van der Waals surface area contributed by atoms with Crippen molar-refractivity contribution in [2.24, 2.45) is 0 Å². The first-order valence-corrected chi connectivity index (χ1v) is 10.6. The highest BCUT2D eigenvalue weighted by molar-refractivity contribution is 8.00. The lowest BCUT2D eigenvalue weighted by Crippen LogP contribution is -2.28. The van der Waals surface area contributed by atoms with Gasteiger partial charge in [0.25, 0.3) is 0 Å². The van der Waals surface area contributed by atoms with Crippen LogP contribution in [0.15, 0.2) is 36.4 Å². The molecule has 1 aliphatic heterocycles. The minimum atomic E-state index is -0.968. The van der Waals surface area contributed by atoms with E-state index in [1.807, 2.05) is 0 Å². The normalized spacial score (nSPS) is 16.4. The number of methoxy groups -OCH3 is 1. The highest BCUT2D eigenvalue weighted by Gasteiger charge is 2.34. The number of nitrogens with zero attached hydrogens (tertiary/aromatic N) is 1. The van der Waals surface area contributed by atoms with Crippen LogP contribution in [0, 0.1) is 11.6 Å². The second kappa shape index (κ2) is 9.13.